The second-order valence-corrected chi connectivity index (χ2v) is 3.75. The number of rotatable bonds is 4. The molecule has 72 valence electrons. The molecule has 12 heavy (non-hydrogen) atoms. The van der Waals surface area contributed by atoms with Gasteiger partial charge in [0.15, 0.2) is 0 Å². The summed E-state index contributed by atoms with van der Waals surface area (Å²) < 4.78 is 0. The first kappa shape index (κ1) is 10.0. The van der Waals surface area contributed by atoms with E-state index in [-0.39, 0.29) is 6.10 Å². The summed E-state index contributed by atoms with van der Waals surface area (Å²) in [4.78, 5) is 2.50. The highest BCUT2D eigenvalue weighted by Gasteiger charge is 2.26. The molecule has 1 aliphatic rings. The second-order valence-electron chi connectivity index (χ2n) is 3.75. The van der Waals surface area contributed by atoms with Gasteiger partial charge >= 0.3 is 0 Å². The Morgan fingerprint density at radius 2 is 2.08 bits per heavy atom. The molecule has 1 aliphatic carbocycles. The van der Waals surface area contributed by atoms with Crippen molar-refractivity contribution in [3.63, 3.8) is 0 Å². The average Bonchev–Trinajstić information content (AvgIpc) is 2.47. The van der Waals surface area contributed by atoms with Gasteiger partial charge in [0.2, 0.25) is 0 Å². The van der Waals surface area contributed by atoms with E-state index in [2.05, 4.69) is 18.7 Å². The highest BCUT2D eigenvalue weighted by atomic mass is 16.3. The minimum absolute atomic E-state index is 0.0269. The minimum Gasteiger partial charge on any atom is -0.393 e. The second kappa shape index (κ2) is 4.83. The Labute approximate surface area is 75.6 Å². The molecule has 0 aromatic rings. The van der Waals surface area contributed by atoms with Gasteiger partial charge in [-0.3, -0.25) is 0 Å². The van der Waals surface area contributed by atoms with Crippen LogP contribution in [0.15, 0.2) is 0 Å². The van der Waals surface area contributed by atoms with Crippen molar-refractivity contribution < 1.29 is 5.11 Å². The smallest absolute Gasteiger partial charge is 0.0555 e. The lowest BCUT2D eigenvalue weighted by atomic mass is 10.2. The van der Waals surface area contributed by atoms with E-state index in [4.69, 9.17) is 0 Å². The summed E-state index contributed by atoms with van der Waals surface area (Å²) >= 11 is 0. The molecule has 0 aromatic heterocycles. The molecule has 1 N–H and O–H groups in total. The SMILES string of the molecule is CCCN(CC)C1CCC(O)C1. The summed E-state index contributed by atoms with van der Waals surface area (Å²) in [5.74, 6) is 0. The first-order chi connectivity index (χ1) is 5.77. The predicted octanol–water partition coefficient (Wildman–Crippen LogP) is 1.63. The summed E-state index contributed by atoms with van der Waals surface area (Å²) in [6.45, 7) is 6.74. The summed E-state index contributed by atoms with van der Waals surface area (Å²) in [6.07, 6.45) is 4.38. The molecule has 0 saturated heterocycles. The monoisotopic (exact) mass is 171 g/mol. The van der Waals surface area contributed by atoms with Gasteiger partial charge in [-0.05, 0) is 38.8 Å². The van der Waals surface area contributed by atoms with E-state index >= 15 is 0 Å². The van der Waals surface area contributed by atoms with Gasteiger partial charge in [-0.1, -0.05) is 13.8 Å². The molecule has 0 aliphatic heterocycles. The Kier molecular flexibility index (Phi) is 4.02. The van der Waals surface area contributed by atoms with Crippen molar-refractivity contribution in [1.29, 1.82) is 0 Å². The van der Waals surface area contributed by atoms with Crippen molar-refractivity contribution in [1.82, 2.24) is 4.90 Å². The highest BCUT2D eigenvalue weighted by Crippen LogP contribution is 2.23. The van der Waals surface area contributed by atoms with Crippen molar-refractivity contribution in [3.05, 3.63) is 0 Å². The Bertz CT molecular complexity index is 125. The van der Waals surface area contributed by atoms with Gasteiger partial charge in [0.05, 0.1) is 6.10 Å². The Hall–Kier alpha value is -0.0800. The van der Waals surface area contributed by atoms with Crippen LogP contribution in [0.25, 0.3) is 0 Å². The van der Waals surface area contributed by atoms with Gasteiger partial charge in [0.25, 0.3) is 0 Å². The third kappa shape index (κ3) is 2.46. The Morgan fingerprint density at radius 1 is 1.33 bits per heavy atom. The molecule has 0 amide bonds. The van der Waals surface area contributed by atoms with Gasteiger partial charge in [-0.2, -0.15) is 0 Å². The molecule has 2 nitrogen and oxygen atoms in total. The maximum absolute atomic E-state index is 9.39. The standard InChI is InChI=1S/C10H21NO/c1-3-7-11(4-2)9-5-6-10(12)8-9/h9-10,12H,3-8H2,1-2H3. The zero-order valence-corrected chi connectivity index (χ0v) is 8.29. The first-order valence-electron chi connectivity index (χ1n) is 5.20. The third-order valence-electron chi connectivity index (χ3n) is 2.81. The molecular formula is C10H21NO. The van der Waals surface area contributed by atoms with Crippen molar-refractivity contribution in [2.24, 2.45) is 0 Å². The van der Waals surface area contributed by atoms with Crippen LogP contribution in [0.5, 0.6) is 0 Å². The van der Waals surface area contributed by atoms with Crippen molar-refractivity contribution in [3.8, 4) is 0 Å². The summed E-state index contributed by atoms with van der Waals surface area (Å²) in [5, 5.41) is 9.39. The third-order valence-corrected chi connectivity index (χ3v) is 2.81. The van der Waals surface area contributed by atoms with Crippen LogP contribution in [0.1, 0.15) is 39.5 Å². The molecule has 0 heterocycles. The zero-order chi connectivity index (χ0) is 8.97. The molecule has 2 heteroatoms. The molecule has 1 saturated carbocycles. The molecule has 0 bridgehead atoms. The average molecular weight is 171 g/mol. The lowest BCUT2D eigenvalue weighted by Crippen LogP contribution is -2.34. The predicted molar refractivity (Wildman–Crippen MR) is 51.2 cm³/mol. The Balaban J connectivity index is 2.33. The fraction of sp³-hybridized carbons (Fsp3) is 1.00. The van der Waals surface area contributed by atoms with Gasteiger partial charge in [-0.25, -0.2) is 0 Å². The van der Waals surface area contributed by atoms with E-state index in [1.165, 1.54) is 19.4 Å². The summed E-state index contributed by atoms with van der Waals surface area (Å²) in [7, 11) is 0. The molecule has 0 spiro atoms. The number of aliphatic hydroxyl groups is 1. The molecule has 1 rings (SSSR count). The molecule has 2 atom stereocenters. The fourth-order valence-corrected chi connectivity index (χ4v) is 2.15. The normalized spacial score (nSPS) is 30.0. The van der Waals surface area contributed by atoms with Crippen LogP contribution in [0.4, 0.5) is 0 Å². The summed E-state index contributed by atoms with van der Waals surface area (Å²) in [5.41, 5.74) is 0. The molecule has 2 unspecified atom stereocenters. The van der Waals surface area contributed by atoms with Crippen LogP contribution in [-0.2, 0) is 0 Å². The quantitative estimate of drug-likeness (QED) is 0.695. The molecular weight excluding hydrogens is 150 g/mol. The van der Waals surface area contributed by atoms with Crippen LogP contribution in [0.2, 0.25) is 0 Å². The van der Waals surface area contributed by atoms with E-state index in [1.54, 1.807) is 0 Å². The number of hydrogen-bond acceptors (Lipinski definition) is 2. The van der Waals surface area contributed by atoms with Crippen LogP contribution in [0, 0.1) is 0 Å². The first-order valence-corrected chi connectivity index (χ1v) is 5.20. The number of hydrogen-bond donors (Lipinski definition) is 1. The van der Waals surface area contributed by atoms with E-state index in [9.17, 15) is 5.11 Å². The zero-order valence-electron chi connectivity index (χ0n) is 8.29. The van der Waals surface area contributed by atoms with Gasteiger partial charge in [-0.15, -0.1) is 0 Å². The maximum atomic E-state index is 9.39. The minimum atomic E-state index is -0.0269. The van der Waals surface area contributed by atoms with E-state index in [0.29, 0.717) is 6.04 Å². The molecule has 1 fully saturated rings. The highest BCUT2D eigenvalue weighted by molar-refractivity contribution is 4.81. The topological polar surface area (TPSA) is 23.5 Å². The lowest BCUT2D eigenvalue weighted by molar-refractivity contribution is 0.154. The maximum Gasteiger partial charge on any atom is 0.0555 e. The van der Waals surface area contributed by atoms with Crippen molar-refractivity contribution in [2.45, 2.75) is 51.7 Å². The van der Waals surface area contributed by atoms with Crippen molar-refractivity contribution in [2.75, 3.05) is 13.1 Å². The van der Waals surface area contributed by atoms with E-state index in [0.717, 1.165) is 19.4 Å². The fourth-order valence-electron chi connectivity index (χ4n) is 2.15. The van der Waals surface area contributed by atoms with Gasteiger partial charge in [0, 0.05) is 6.04 Å². The van der Waals surface area contributed by atoms with Gasteiger partial charge in [0.1, 0.15) is 0 Å². The van der Waals surface area contributed by atoms with E-state index < -0.39 is 0 Å². The molecule has 0 radical (unpaired) electrons. The van der Waals surface area contributed by atoms with Crippen LogP contribution in [0.3, 0.4) is 0 Å². The van der Waals surface area contributed by atoms with Crippen LogP contribution < -0.4 is 0 Å². The van der Waals surface area contributed by atoms with Gasteiger partial charge < -0.3 is 10.0 Å². The number of nitrogens with zero attached hydrogens (tertiary/aromatic N) is 1. The number of aliphatic hydroxyl groups excluding tert-OH is 1. The van der Waals surface area contributed by atoms with Crippen LogP contribution >= 0.6 is 0 Å². The lowest BCUT2D eigenvalue weighted by Gasteiger charge is -2.26. The largest absolute Gasteiger partial charge is 0.393 e. The summed E-state index contributed by atoms with van der Waals surface area (Å²) in [6, 6.07) is 0.657. The van der Waals surface area contributed by atoms with E-state index in [1.807, 2.05) is 0 Å². The molecule has 0 aromatic carbocycles. The van der Waals surface area contributed by atoms with Crippen molar-refractivity contribution >= 4 is 0 Å². The Morgan fingerprint density at radius 3 is 2.50 bits per heavy atom. The van der Waals surface area contributed by atoms with Crippen LogP contribution in [-0.4, -0.2) is 35.2 Å².